The van der Waals surface area contributed by atoms with Gasteiger partial charge in [-0.2, -0.15) is 9.97 Å². The molecule has 2 aromatic carbocycles. The number of aryl methyl sites for hydroxylation is 1. The summed E-state index contributed by atoms with van der Waals surface area (Å²) in [5.41, 5.74) is -0.745. The zero-order valence-electron chi connectivity index (χ0n) is 28.9. The lowest BCUT2D eigenvalue weighted by atomic mass is 9.93. The van der Waals surface area contributed by atoms with Crippen LogP contribution in [-0.4, -0.2) is 96.2 Å². The molecule has 0 radical (unpaired) electrons. The Labute approximate surface area is 300 Å². The molecular weight excluding hydrogens is 706 g/mol. The Bertz CT molecular complexity index is 2090. The first kappa shape index (κ1) is 34.6. The predicted octanol–water partition coefficient (Wildman–Crippen LogP) is 6.61. The van der Waals surface area contributed by atoms with Crippen LogP contribution < -0.4 is 24.4 Å². The number of hydrogen-bond donors (Lipinski definition) is 1. The third-order valence-corrected chi connectivity index (χ3v) is 11.6. The number of ether oxygens (including phenoxy) is 4. The van der Waals surface area contributed by atoms with Crippen LogP contribution in [0.1, 0.15) is 50.6 Å². The number of hydrogen-bond acceptors (Lipinski definition) is 10. The fraction of sp³-hybridized carbons (Fsp3) is 0.541. The molecule has 0 saturated carbocycles. The van der Waals surface area contributed by atoms with E-state index in [4.69, 9.17) is 24.2 Å². The molecule has 0 spiro atoms. The Morgan fingerprint density at radius 2 is 1.87 bits per heavy atom. The van der Waals surface area contributed by atoms with Crippen molar-refractivity contribution in [1.82, 2.24) is 25.2 Å². The number of benzene rings is 2. The summed E-state index contributed by atoms with van der Waals surface area (Å²) < 4.78 is 110. The maximum Gasteiger partial charge on any atom is 0.573 e. The largest absolute Gasteiger partial charge is 0.573 e. The quantitative estimate of drug-likeness (QED) is 0.157. The number of alkyl halides is 4. The molecule has 2 aromatic heterocycles. The van der Waals surface area contributed by atoms with E-state index >= 15 is 8.78 Å². The summed E-state index contributed by atoms with van der Waals surface area (Å²) in [6.07, 6.45) is -0.409. The summed E-state index contributed by atoms with van der Waals surface area (Å²) in [4.78, 5) is 18.7. The summed E-state index contributed by atoms with van der Waals surface area (Å²) in [5.74, 6) is -2.77. The topological polar surface area (TPSA) is 94.1 Å². The molecule has 0 unspecified atom stereocenters. The van der Waals surface area contributed by atoms with E-state index in [1.165, 1.54) is 25.3 Å². The predicted molar refractivity (Wildman–Crippen MR) is 182 cm³/mol. The number of fused-ring (bicyclic) bond motifs is 7. The third kappa shape index (κ3) is 6.06. The van der Waals surface area contributed by atoms with Crippen molar-refractivity contribution in [2.45, 2.75) is 87.6 Å². The van der Waals surface area contributed by atoms with Gasteiger partial charge >= 0.3 is 12.4 Å². The van der Waals surface area contributed by atoms with Gasteiger partial charge in [0.25, 0.3) is 0 Å². The van der Waals surface area contributed by atoms with Crippen molar-refractivity contribution in [3.05, 3.63) is 41.6 Å². The van der Waals surface area contributed by atoms with E-state index in [-0.39, 0.29) is 70.8 Å². The Balaban J connectivity index is 1.26. The van der Waals surface area contributed by atoms with Crippen molar-refractivity contribution in [3.63, 3.8) is 0 Å². The summed E-state index contributed by atoms with van der Waals surface area (Å²) >= 11 is 0. The molecule has 4 saturated heterocycles. The van der Waals surface area contributed by atoms with Crippen molar-refractivity contribution < 1.29 is 45.3 Å². The molecule has 2 bridgehead atoms. The molecule has 0 amide bonds. The van der Waals surface area contributed by atoms with Crippen molar-refractivity contribution in [2.75, 3.05) is 45.0 Å². The van der Waals surface area contributed by atoms with Crippen molar-refractivity contribution in [3.8, 4) is 28.8 Å². The van der Waals surface area contributed by atoms with Gasteiger partial charge < -0.3 is 29.2 Å². The first-order chi connectivity index (χ1) is 25.5. The van der Waals surface area contributed by atoms with Gasteiger partial charge in [0, 0.05) is 55.7 Å². The number of aromatic nitrogens is 3. The number of halogens is 6. The second kappa shape index (κ2) is 13.0. The lowest BCUT2D eigenvalue weighted by Crippen LogP contribution is -2.58. The second-order valence-electron chi connectivity index (χ2n) is 14.8. The molecule has 16 heteroatoms. The lowest BCUT2D eigenvalue weighted by Gasteiger charge is -2.43. The van der Waals surface area contributed by atoms with Crippen LogP contribution in [0, 0.1) is 11.6 Å². The van der Waals surface area contributed by atoms with Crippen molar-refractivity contribution in [1.29, 1.82) is 0 Å². The van der Waals surface area contributed by atoms with Crippen LogP contribution in [0.25, 0.3) is 32.9 Å². The monoisotopic (exact) mass is 744 g/mol. The Kier molecular flexibility index (Phi) is 8.49. The Hall–Kier alpha value is -4.15. The highest BCUT2D eigenvalue weighted by Crippen LogP contribution is 2.46. The average Bonchev–Trinajstić information content (AvgIpc) is 3.79. The van der Waals surface area contributed by atoms with Gasteiger partial charge in [0.2, 0.25) is 0 Å². The molecule has 5 aliphatic heterocycles. The smallest absolute Gasteiger partial charge is 0.468 e. The van der Waals surface area contributed by atoms with E-state index in [2.05, 4.69) is 24.8 Å². The summed E-state index contributed by atoms with van der Waals surface area (Å²) in [5, 5.41) is 3.85. The molecule has 5 atom stereocenters. The average molecular weight is 745 g/mol. The number of anilines is 1. The number of nitrogens with zero attached hydrogens (tertiary/aromatic N) is 5. The van der Waals surface area contributed by atoms with Gasteiger partial charge in [-0.05, 0) is 75.1 Å². The van der Waals surface area contributed by atoms with Crippen molar-refractivity contribution >= 4 is 27.5 Å². The maximum absolute atomic E-state index is 17.4. The van der Waals surface area contributed by atoms with Crippen LogP contribution in [0.15, 0.2) is 24.3 Å². The minimum Gasteiger partial charge on any atom is -0.468 e. The number of methoxy groups -OCH3 is 1. The van der Waals surface area contributed by atoms with Crippen LogP contribution in [0.2, 0.25) is 0 Å². The van der Waals surface area contributed by atoms with E-state index in [9.17, 15) is 17.6 Å². The van der Waals surface area contributed by atoms with Gasteiger partial charge in [-0.3, -0.25) is 4.90 Å². The number of rotatable bonds is 8. The fourth-order valence-corrected chi connectivity index (χ4v) is 9.44. The number of piperazine rings is 1. The maximum atomic E-state index is 17.4. The zero-order chi connectivity index (χ0) is 36.6. The van der Waals surface area contributed by atoms with Crippen LogP contribution in [0.5, 0.6) is 17.5 Å². The second-order valence-corrected chi connectivity index (χ2v) is 14.8. The molecule has 53 heavy (non-hydrogen) atoms. The number of nitrogens with one attached hydrogen (secondary N) is 1. The van der Waals surface area contributed by atoms with E-state index in [1.54, 1.807) is 0 Å². The first-order valence-corrected chi connectivity index (χ1v) is 18.1. The molecule has 5 aliphatic rings. The highest BCUT2D eigenvalue weighted by atomic mass is 19.4. The Morgan fingerprint density at radius 3 is 2.70 bits per heavy atom. The van der Waals surface area contributed by atoms with E-state index in [0.717, 1.165) is 44.7 Å². The number of pyridine rings is 1. The molecule has 282 valence electrons. The lowest BCUT2D eigenvalue weighted by molar-refractivity contribution is -0.275. The van der Waals surface area contributed by atoms with E-state index in [1.807, 2.05) is 0 Å². The van der Waals surface area contributed by atoms with Crippen LogP contribution in [0.3, 0.4) is 0 Å². The minimum atomic E-state index is -5.25. The van der Waals surface area contributed by atoms with E-state index in [0.29, 0.717) is 49.2 Å². The standard InChI is InChI=1S/C37H38F6N6O4/c1-50-18-52-22-12-19-6-8-24(39)33(53-37(41,42)43)28(19)23(13-22)31-30(40)32-29-26(45-31)4-2-5-27-25-9-7-21(44-25)16-49(27)34(29)47-35(46-32)51-17-36-10-3-11-48(36)15-20(38)14-36/h6,8,12-13,20-21,25,27,44H,2-5,7,9-11,14-18H2,1H3/t20-,21-,25+,27-,36+/m1/s1. The van der Waals surface area contributed by atoms with Gasteiger partial charge in [-0.25, -0.2) is 18.2 Å². The Morgan fingerprint density at radius 1 is 1.00 bits per heavy atom. The van der Waals surface area contributed by atoms with Gasteiger partial charge in [-0.1, -0.05) is 6.07 Å². The van der Waals surface area contributed by atoms with Crippen LogP contribution >= 0.6 is 0 Å². The van der Waals surface area contributed by atoms with Crippen molar-refractivity contribution in [2.24, 2.45) is 0 Å². The summed E-state index contributed by atoms with van der Waals surface area (Å²) in [6.45, 7) is 1.60. The molecule has 10 nitrogen and oxygen atoms in total. The fourth-order valence-electron chi connectivity index (χ4n) is 9.44. The molecule has 0 aliphatic carbocycles. The van der Waals surface area contributed by atoms with E-state index < -0.39 is 35.5 Å². The van der Waals surface area contributed by atoms with Gasteiger partial charge in [-0.15, -0.1) is 13.2 Å². The van der Waals surface area contributed by atoms with Gasteiger partial charge in [0.05, 0.1) is 16.6 Å². The zero-order valence-corrected chi connectivity index (χ0v) is 28.9. The molecule has 4 aromatic rings. The minimum absolute atomic E-state index is 0.0743. The third-order valence-electron chi connectivity index (χ3n) is 11.6. The molecule has 9 rings (SSSR count). The molecule has 1 N–H and O–H groups in total. The summed E-state index contributed by atoms with van der Waals surface area (Å²) in [7, 11) is 1.39. The molecule has 7 heterocycles. The van der Waals surface area contributed by atoms with Gasteiger partial charge in [0.15, 0.2) is 24.2 Å². The first-order valence-electron chi connectivity index (χ1n) is 18.1. The highest BCUT2D eigenvalue weighted by molar-refractivity contribution is 6.04. The van der Waals surface area contributed by atoms with Gasteiger partial charge in [0.1, 0.15) is 35.6 Å². The SMILES string of the molecule is COCOc1cc(-c2nc3c4c(nc(OC[C@@]56CCCN5C[C@H](F)C6)nc4c2F)N2C[C@H]4CC[C@H](N4)[C@H]2CCC3)c2c(OC(F)(F)F)c(F)ccc2c1. The highest BCUT2D eigenvalue weighted by Gasteiger charge is 2.50. The normalized spacial score (nSPS) is 26.8. The molecular formula is C37H38F6N6O4. The van der Waals surface area contributed by atoms with Crippen LogP contribution in [0.4, 0.5) is 32.2 Å². The summed E-state index contributed by atoms with van der Waals surface area (Å²) in [6, 6.07) is 5.20. The molecule has 4 fully saturated rings. The van der Waals surface area contributed by atoms with Crippen LogP contribution in [-0.2, 0) is 11.2 Å².